The van der Waals surface area contributed by atoms with Gasteiger partial charge in [-0.25, -0.2) is 9.37 Å². The minimum atomic E-state index is -0.248. The molecule has 0 spiro atoms. The Bertz CT molecular complexity index is 1200. The topological polar surface area (TPSA) is 29.0 Å². The molecule has 4 aromatic rings. The number of aromatic nitrogens is 2. The van der Waals surface area contributed by atoms with Crippen molar-refractivity contribution in [1.82, 2.24) is 9.97 Å². The van der Waals surface area contributed by atoms with Gasteiger partial charge in [-0.05, 0) is 61.2 Å². The van der Waals surface area contributed by atoms with Crippen LogP contribution in [0.15, 0.2) is 48.5 Å². The van der Waals surface area contributed by atoms with Crippen LogP contribution in [-0.4, -0.2) is 16.0 Å². The van der Waals surface area contributed by atoms with E-state index in [0.717, 1.165) is 44.1 Å². The zero-order valence-corrected chi connectivity index (χ0v) is 17.0. The van der Waals surface area contributed by atoms with E-state index < -0.39 is 0 Å². The maximum absolute atomic E-state index is 13.5. The van der Waals surface area contributed by atoms with Gasteiger partial charge >= 0.3 is 0 Å². The summed E-state index contributed by atoms with van der Waals surface area (Å²) in [5.41, 5.74) is 4.45. The number of fused-ring (bicyclic) bond motifs is 2. The summed E-state index contributed by atoms with van der Waals surface area (Å²) >= 11 is 7.91. The van der Waals surface area contributed by atoms with E-state index in [2.05, 4.69) is 46.9 Å². The normalized spacial score (nSPS) is 16.0. The van der Waals surface area contributed by atoms with E-state index in [0.29, 0.717) is 0 Å². The van der Waals surface area contributed by atoms with Gasteiger partial charge in [-0.3, -0.25) is 0 Å². The van der Waals surface area contributed by atoms with E-state index >= 15 is 0 Å². The van der Waals surface area contributed by atoms with Crippen molar-refractivity contribution in [3.05, 3.63) is 70.1 Å². The van der Waals surface area contributed by atoms with Gasteiger partial charge in [-0.2, -0.15) is 4.98 Å². The summed E-state index contributed by atoms with van der Waals surface area (Å²) in [4.78, 5) is 13.4. The van der Waals surface area contributed by atoms with Crippen molar-refractivity contribution in [3.8, 4) is 11.1 Å². The van der Waals surface area contributed by atoms with Crippen molar-refractivity contribution in [1.29, 1.82) is 0 Å². The Hall–Kier alpha value is -2.50. The maximum Gasteiger partial charge on any atom is 0.225 e. The van der Waals surface area contributed by atoms with E-state index in [-0.39, 0.29) is 17.1 Å². The number of halogens is 2. The van der Waals surface area contributed by atoms with Gasteiger partial charge in [0.25, 0.3) is 0 Å². The summed E-state index contributed by atoms with van der Waals surface area (Å²) in [5.74, 6) is 0.568. The molecule has 6 heteroatoms. The first-order chi connectivity index (χ1) is 13.5. The van der Waals surface area contributed by atoms with Gasteiger partial charge in [0.05, 0.1) is 5.39 Å². The maximum atomic E-state index is 13.5. The molecule has 0 radical (unpaired) electrons. The average molecular weight is 410 g/mol. The molecule has 0 aliphatic carbocycles. The lowest BCUT2D eigenvalue weighted by atomic mass is 10.0. The predicted molar refractivity (Wildman–Crippen MR) is 114 cm³/mol. The number of hydrogen-bond acceptors (Lipinski definition) is 4. The fraction of sp³-hybridized carbons (Fsp3) is 0.182. The molecule has 1 aliphatic heterocycles. The van der Waals surface area contributed by atoms with E-state index in [1.807, 2.05) is 18.2 Å². The van der Waals surface area contributed by atoms with E-state index in [4.69, 9.17) is 11.6 Å². The standard InChI is InChI=1S/C22H17ClFN3S/c1-12-11-15-5-3-4-6-17(15)27(12)20-19-18(14-7-9-16(24)10-8-14)13(2)28-21(19)26-22(23)25-20/h3-10,12H,11H2,1-2H3. The molecule has 3 heterocycles. The van der Waals surface area contributed by atoms with Crippen molar-refractivity contribution >= 4 is 44.7 Å². The zero-order valence-electron chi connectivity index (χ0n) is 15.4. The quantitative estimate of drug-likeness (QED) is 0.352. The third kappa shape index (κ3) is 2.69. The van der Waals surface area contributed by atoms with Crippen molar-refractivity contribution in [3.63, 3.8) is 0 Å². The molecule has 2 aromatic carbocycles. The van der Waals surface area contributed by atoms with Crippen LogP contribution in [0.25, 0.3) is 21.3 Å². The lowest BCUT2D eigenvalue weighted by Crippen LogP contribution is -2.25. The molecule has 140 valence electrons. The van der Waals surface area contributed by atoms with Crippen LogP contribution in [0, 0.1) is 12.7 Å². The van der Waals surface area contributed by atoms with Crippen molar-refractivity contribution in [2.24, 2.45) is 0 Å². The summed E-state index contributed by atoms with van der Waals surface area (Å²) in [6, 6.07) is 15.2. The van der Waals surface area contributed by atoms with Gasteiger partial charge in [-0.1, -0.05) is 30.3 Å². The first-order valence-electron chi connectivity index (χ1n) is 9.12. The van der Waals surface area contributed by atoms with Crippen molar-refractivity contribution in [2.75, 3.05) is 4.90 Å². The van der Waals surface area contributed by atoms with Gasteiger partial charge in [0.15, 0.2) is 0 Å². The highest BCUT2D eigenvalue weighted by Crippen LogP contribution is 2.46. The Kier molecular flexibility index (Phi) is 4.11. The molecule has 1 unspecified atom stereocenters. The van der Waals surface area contributed by atoms with Crippen LogP contribution in [0.2, 0.25) is 5.28 Å². The van der Waals surface area contributed by atoms with E-state index in [9.17, 15) is 4.39 Å². The third-order valence-corrected chi connectivity index (χ3v) is 6.42. The highest BCUT2D eigenvalue weighted by molar-refractivity contribution is 7.19. The SMILES string of the molecule is Cc1sc2nc(Cl)nc(N3c4ccccc4CC3C)c2c1-c1ccc(F)cc1. The molecular formula is C22H17ClFN3S. The van der Waals surface area contributed by atoms with E-state index in [1.165, 1.54) is 17.7 Å². The van der Waals surface area contributed by atoms with Crippen LogP contribution >= 0.6 is 22.9 Å². The molecule has 0 N–H and O–H groups in total. The van der Waals surface area contributed by atoms with Gasteiger partial charge in [0.2, 0.25) is 5.28 Å². The number of para-hydroxylation sites is 1. The molecule has 3 nitrogen and oxygen atoms in total. The van der Waals surface area contributed by atoms with Crippen LogP contribution in [0.3, 0.4) is 0 Å². The van der Waals surface area contributed by atoms with Gasteiger partial charge < -0.3 is 4.90 Å². The van der Waals surface area contributed by atoms with Gasteiger partial charge in [0, 0.05) is 22.2 Å². The largest absolute Gasteiger partial charge is 0.322 e. The first kappa shape index (κ1) is 17.6. The first-order valence-corrected chi connectivity index (χ1v) is 10.3. The summed E-state index contributed by atoms with van der Waals surface area (Å²) in [6.07, 6.45) is 0.953. The lowest BCUT2D eigenvalue weighted by Gasteiger charge is -2.25. The fourth-order valence-corrected chi connectivity index (χ4v) is 5.35. The number of benzene rings is 2. The number of aryl methyl sites for hydroxylation is 1. The summed E-state index contributed by atoms with van der Waals surface area (Å²) < 4.78 is 13.5. The molecule has 0 bridgehead atoms. The molecule has 28 heavy (non-hydrogen) atoms. The number of rotatable bonds is 2. The molecule has 0 fully saturated rings. The smallest absolute Gasteiger partial charge is 0.225 e. The minimum absolute atomic E-state index is 0.242. The second-order valence-corrected chi connectivity index (χ2v) is 8.63. The highest BCUT2D eigenvalue weighted by atomic mass is 35.5. The van der Waals surface area contributed by atoms with Crippen LogP contribution in [0.5, 0.6) is 0 Å². The Labute approximate surface area is 171 Å². The fourth-order valence-electron chi connectivity index (χ4n) is 4.10. The number of hydrogen-bond donors (Lipinski definition) is 0. The monoisotopic (exact) mass is 409 g/mol. The molecular weight excluding hydrogens is 393 g/mol. The predicted octanol–water partition coefficient (Wildman–Crippen LogP) is 6.54. The van der Waals surface area contributed by atoms with Crippen molar-refractivity contribution in [2.45, 2.75) is 26.3 Å². The highest BCUT2D eigenvalue weighted by Gasteiger charge is 2.31. The second kappa shape index (κ2) is 6.54. The Balaban J connectivity index is 1.81. The lowest BCUT2D eigenvalue weighted by molar-refractivity contribution is 0.628. The number of thiophene rings is 1. The molecule has 0 saturated carbocycles. The van der Waals surface area contributed by atoms with Crippen LogP contribution in [0.4, 0.5) is 15.9 Å². The third-order valence-electron chi connectivity index (χ3n) is 5.25. The van der Waals surface area contributed by atoms with Gasteiger partial charge in [-0.15, -0.1) is 11.3 Å². The van der Waals surface area contributed by atoms with Crippen LogP contribution in [-0.2, 0) is 6.42 Å². The molecule has 0 saturated heterocycles. The minimum Gasteiger partial charge on any atom is -0.322 e. The zero-order chi connectivity index (χ0) is 19.4. The molecule has 2 aromatic heterocycles. The number of nitrogens with zero attached hydrogens (tertiary/aromatic N) is 3. The molecule has 0 amide bonds. The average Bonchev–Trinajstić information content (AvgIpc) is 3.17. The Morgan fingerprint density at radius 2 is 1.86 bits per heavy atom. The van der Waals surface area contributed by atoms with Crippen molar-refractivity contribution < 1.29 is 4.39 Å². The second-order valence-electron chi connectivity index (χ2n) is 7.09. The van der Waals surface area contributed by atoms with E-state index in [1.54, 1.807) is 11.3 Å². The summed E-state index contributed by atoms with van der Waals surface area (Å²) in [6.45, 7) is 4.25. The summed E-state index contributed by atoms with van der Waals surface area (Å²) in [5, 5.41) is 1.22. The van der Waals surface area contributed by atoms with Gasteiger partial charge in [0.1, 0.15) is 16.5 Å². The molecule has 1 aliphatic rings. The number of anilines is 2. The molecule has 1 atom stereocenters. The van der Waals surface area contributed by atoms with Crippen LogP contribution < -0.4 is 4.90 Å². The Morgan fingerprint density at radius 1 is 1.11 bits per heavy atom. The Morgan fingerprint density at radius 3 is 2.64 bits per heavy atom. The van der Waals surface area contributed by atoms with Crippen LogP contribution in [0.1, 0.15) is 17.4 Å². The molecule has 5 rings (SSSR count). The summed E-state index contributed by atoms with van der Waals surface area (Å²) in [7, 11) is 0.